The lowest BCUT2D eigenvalue weighted by molar-refractivity contribution is -0.145. The zero-order valence-electron chi connectivity index (χ0n) is 14.2. The van der Waals surface area contributed by atoms with Gasteiger partial charge in [-0.15, -0.1) is 0 Å². The van der Waals surface area contributed by atoms with Gasteiger partial charge in [-0.1, -0.05) is 46.4 Å². The van der Waals surface area contributed by atoms with Gasteiger partial charge in [-0.3, -0.25) is 9.10 Å². The number of sulfonamides is 1. The standard InChI is InChI=1S/C17H15Cl4NO4S/c1-10(2)26-17(23)9-22(13-6-11(18)5-12(19)7-13)27(24,25)14-3-4-15(20)16(21)8-14/h3-8,10H,9H2,1-2H3. The molecule has 0 unspecified atom stereocenters. The highest BCUT2D eigenvalue weighted by Gasteiger charge is 2.29. The molecule has 2 aromatic rings. The first-order valence-electron chi connectivity index (χ1n) is 7.64. The molecule has 2 rings (SSSR count). The third-order valence-electron chi connectivity index (χ3n) is 3.25. The third kappa shape index (κ3) is 5.65. The quantitative estimate of drug-likeness (QED) is 0.526. The van der Waals surface area contributed by atoms with E-state index >= 15 is 0 Å². The summed E-state index contributed by atoms with van der Waals surface area (Å²) in [7, 11) is -4.19. The highest BCUT2D eigenvalue weighted by atomic mass is 35.5. The Morgan fingerprint density at radius 3 is 2.11 bits per heavy atom. The molecule has 5 nitrogen and oxygen atoms in total. The molecule has 0 N–H and O–H groups in total. The van der Waals surface area contributed by atoms with Crippen LogP contribution in [0.1, 0.15) is 13.8 Å². The molecule has 0 aliphatic heterocycles. The fourth-order valence-corrected chi connectivity index (χ4v) is 4.48. The first kappa shape index (κ1) is 22.1. The molecule has 27 heavy (non-hydrogen) atoms. The van der Waals surface area contributed by atoms with E-state index in [1.807, 2.05) is 0 Å². The minimum atomic E-state index is -4.19. The summed E-state index contributed by atoms with van der Waals surface area (Å²) in [5, 5.41) is 0.687. The number of anilines is 1. The number of ether oxygens (including phenoxy) is 1. The predicted octanol–water partition coefficient (Wildman–Crippen LogP) is 5.45. The van der Waals surface area contributed by atoms with Crippen molar-refractivity contribution in [1.82, 2.24) is 0 Å². The van der Waals surface area contributed by atoms with E-state index in [-0.39, 0.29) is 30.7 Å². The number of hydrogen-bond acceptors (Lipinski definition) is 4. The van der Waals surface area contributed by atoms with Crippen molar-refractivity contribution in [3.8, 4) is 0 Å². The highest BCUT2D eigenvalue weighted by Crippen LogP contribution is 2.32. The van der Waals surface area contributed by atoms with Gasteiger partial charge in [0, 0.05) is 10.0 Å². The number of carbonyl (C=O) groups is 1. The molecule has 0 bridgehead atoms. The van der Waals surface area contributed by atoms with Crippen LogP contribution in [0, 0.1) is 0 Å². The molecule has 0 atom stereocenters. The summed E-state index contributed by atoms with van der Waals surface area (Å²) in [6.07, 6.45) is -0.407. The molecule has 2 aromatic carbocycles. The van der Waals surface area contributed by atoms with E-state index in [1.165, 1.54) is 36.4 Å². The minimum Gasteiger partial charge on any atom is -0.462 e. The smallest absolute Gasteiger partial charge is 0.327 e. The second-order valence-corrected chi connectivity index (χ2v) is 9.30. The van der Waals surface area contributed by atoms with Crippen LogP contribution < -0.4 is 4.31 Å². The molecular weight excluding hydrogens is 456 g/mol. The van der Waals surface area contributed by atoms with Gasteiger partial charge in [-0.25, -0.2) is 8.42 Å². The Kier molecular flexibility index (Phi) is 7.27. The Hall–Kier alpha value is -1.18. The SMILES string of the molecule is CC(C)OC(=O)CN(c1cc(Cl)cc(Cl)c1)S(=O)(=O)c1ccc(Cl)c(Cl)c1. The molecule has 0 aliphatic carbocycles. The van der Waals surface area contributed by atoms with Crippen molar-refractivity contribution >= 4 is 68.1 Å². The lowest BCUT2D eigenvalue weighted by Gasteiger charge is -2.24. The summed E-state index contributed by atoms with van der Waals surface area (Å²) in [5.74, 6) is -0.732. The van der Waals surface area contributed by atoms with Gasteiger partial charge in [0.05, 0.1) is 26.7 Å². The van der Waals surface area contributed by atoms with Crippen molar-refractivity contribution in [2.75, 3.05) is 10.8 Å². The molecule has 0 amide bonds. The Balaban J connectivity index is 2.56. The number of rotatable bonds is 6. The van der Waals surface area contributed by atoms with Crippen LogP contribution in [0.4, 0.5) is 5.69 Å². The normalized spacial score (nSPS) is 11.5. The van der Waals surface area contributed by atoms with E-state index < -0.39 is 28.6 Å². The lowest BCUT2D eigenvalue weighted by Crippen LogP contribution is -2.37. The van der Waals surface area contributed by atoms with Crippen molar-refractivity contribution in [3.63, 3.8) is 0 Å². The lowest BCUT2D eigenvalue weighted by atomic mass is 10.3. The van der Waals surface area contributed by atoms with Crippen molar-refractivity contribution in [2.45, 2.75) is 24.8 Å². The fraction of sp³-hybridized carbons (Fsp3) is 0.235. The minimum absolute atomic E-state index is 0.0616. The van der Waals surface area contributed by atoms with Crippen molar-refractivity contribution in [3.05, 3.63) is 56.5 Å². The van der Waals surface area contributed by atoms with Gasteiger partial charge in [-0.2, -0.15) is 0 Å². The van der Waals surface area contributed by atoms with E-state index in [1.54, 1.807) is 13.8 Å². The van der Waals surface area contributed by atoms with Crippen LogP contribution in [0.5, 0.6) is 0 Å². The molecule has 0 radical (unpaired) electrons. The summed E-state index contributed by atoms with van der Waals surface area (Å²) < 4.78 is 32.3. The van der Waals surface area contributed by atoms with E-state index in [2.05, 4.69) is 0 Å². The van der Waals surface area contributed by atoms with Gasteiger partial charge in [-0.05, 0) is 50.2 Å². The molecule has 146 valence electrons. The maximum atomic E-state index is 13.2. The van der Waals surface area contributed by atoms with Gasteiger partial charge < -0.3 is 4.74 Å². The topological polar surface area (TPSA) is 63.7 Å². The van der Waals surface area contributed by atoms with Crippen LogP contribution in [0.2, 0.25) is 20.1 Å². The Bertz CT molecular complexity index is 943. The maximum Gasteiger partial charge on any atom is 0.327 e. The van der Waals surface area contributed by atoms with Gasteiger partial charge in [0.1, 0.15) is 6.54 Å². The average Bonchev–Trinajstić information content (AvgIpc) is 2.53. The largest absolute Gasteiger partial charge is 0.462 e. The van der Waals surface area contributed by atoms with Crippen molar-refractivity contribution in [2.24, 2.45) is 0 Å². The first-order chi connectivity index (χ1) is 12.5. The summed E-state index contributed by atoms with van der Waals surface area (Å²) in [6.45, 7) is 2.75. The monoisotopic (exact) mass is 469 g/mol. The van der Waals surface area contributed by atoms with Crippen LogP contribution in [-0.2, 0) is 19.6 Å². The van der Waals surface area contributed by atoms with Gasteiger partial charge in [0.15, 0.2) is 0 Å². The zero-order chi connectivity index (χ0) is 20.4. The average molecular weight is 471 g/mol. The summed E-state index contributed by atoms with van der Waals surface area (Å²) >= 11 is 23.8. The molecule has 0 saturated heterocycles. The molecule has 10 heteroatoms. The van der Waals surface area contributed by atoms with E-state index in [9.17, 15) is 13.2 Å². The number of carbonyl (C=O) groups excluding carboxylic acids is 1. The summed E-state index contributed by atoms with van der Waals surface area (Å²) in [4.78, 5) is 12.0. The highest BCUT2D eigenvalue weighted by molar-refractivity contribution is 7.92. The van der Waals surface area contributed by atoms with E-state index in [4.69, 9.17) is 51.1 Å². The number of halogens is 4. The summed E-state index contributed by atoms with van der Waals surface area (Å²) in [5.41, 5.74) is 0.110. The second kappa shape index (κ2) is 8.88. The maximum absolute atomic E-state index is 13.2. The number of benzene rings is 2. The van der Waals surface area contributed by atoms with Gasteiger partial charge in [0.25, 0.3) is 10.0 Å². The van der Waals surface area contributed by atoms with Crippen LogP contribution in [0.3, 0.4) is 0 Å². The Morgan fingerprint density at radius 2 is 1.59 bits per heavy atom. The van der Waals surface area contributed by atoms with E-state index in [0.717, 1.165) is 4.31 Å². The van der Waals surface area contributed by atoms with Crippen LogP contribution in [0.25, 0.3) is 0 Å². The van der Waals surface area contributed by atoms with Gasteiger partial charge >= 0.3 is 5.97 Å². The number of hydrogen-bond donors (Lipinski definition) is 0. The molecule has 0 heterocycles. The molecule has 0 saturated carbocycles. The molecule has 0 spiro atoms. The van der Waals surface area contributed by atoms with Crippen LogP contribution in [-0.4, -0.2) is 27.0 Å². The number of nitrogens with zero attached hydrogens (tertiary/aromatic N) is 1. The van der Waals surface area contributed by atoms with Gasteiger partial charge in [0.2, 0.25) is 0 Å². The van der Waals surface area contributed by atoms with Crippen LogP contribution >= 0.6 is 46.4 Å². The summed E-state index contributed by atoms with van der Waals surface area (Å²) in [6, 6.07) is 8.05. The molecule has 0 fully saturated rings. The molecule has 0 aromatic heterocycles. The molecule has 0 aliphatic rings. The molecular formula is C17H15Cl4NO4S. The van der Waals surface area contributed by atoms with E-state index in [0.29, 0.717) is 0 Å². The van der Waals surface area contributed by atoms with Crippen LogP contribution in [0.15, 0.2) is 41.3 Å². The van der Waals surface area contributed by atoms with Crippen molar-refractivity contribution in [1.29, 1.82) is 0 Å². The second-order valence-electron chi connectivity index (χ2n) is 5.75. The third-order valence-corrected chi connectivity index (χ3v) is 6.20. The Morgan fingerprint density at radius 1 is 1.00 bits per heavy atom. The zero-order valence-corrected chi connectivity index (χ0v) is 18.1. The van der Waals surface area contributed by atoms with Crippen molar-refractivity contribution < 1.29 is 17.9 Å². The predicted molar refractivity (Wildman–Crippen MR) is 109 cm³/mol. The fourth-order valence-electron chi connectivity index (χ4n) is 2.18. The number of esters is 1. The Labute approximate surface area is 177 Å². The first-order valence-corrected chi connectivity index (χ1v) is 10.6.